The van der Waals surface area contributed by atoms with E-state index in [1.807, 2.05) is 6.20 Å². The molecule has 0 spiro atoms. The van der Waals surface area contributed by atoms with Crippen molar-refractivity contribution in [3.05, 3.63) is 142 Å². The zero-order valence-corrected chi connectivity index (χ0v) is 17.8. The van der Waals surface area contributed by atoms with Crippen LogP contribution in [0.1, 0.15) is 52.5 Å². The standard InChI is InChI=1S/C31H23N/c1-2-8-20(9-3-1)29-19-22(16-17-32-29)21-14-15-27-28(18-21)31-25-12-6-4-10-23(25)30(27)24-11-5-7-13-26(24)31/h1-13,16-19,30-31H,14-15H2. The minimum absolute atomic E-state index is 0.355. The summed E-state index contributed by atoms with van der Waals surface area (Å²) in [7, 11) is 0. The highest BCUT2D eigenvalue weighted by atomic mass is 14.7. The van der Waals surface area contributed by atoms with Crippen LogP contribution in [-0.4, -0.2) is 4.98 Å². The van der Waals surface area contributed by atoms with Gasteiger partial charge in [0.1, 0.15) is 0 Å². The zero-order chi connectivity index (χ0) is 21.1. The second-order valence-corrected chi connectivity index (χ2v) is 9.07. The van der Waals surface area contributed by atoms with E-state index >= 15 is 0 Å². The number of pyridine rings is 1. The van der Waals surface area contributed by atoms with Gasteiger partial charge in [-0.05, 0) is 63.9 Å². The Hall–Kier alpha value is -3.71. The third-order valence-corrected chi connectivity index (χ3v) is 7.46. The van der Waals surface area contributed by atoms with Gasteiger partial charge in [0, 0.05) is 23.6 Å². The van der Waals surface area contributed by atoms with E-state index < -0.39 is 0 Å². The highest BCUT2D eigenvalue weighted by Gasteiger charge is 2.42. The van der Waals surface area contributed by atoms with Crippen LogP contribution in [-0.2, 0) is 0 Å². The SMILES string of the molecule is C1=C(c2ccnc(-c3ccccc3)c2)CCC2=C1C1c3ccccc3C2c2ccccc21. The second-order valence-electron chi connectivity index (χ2n) is 9.07. The molecule has 1 heterocycles. The lowest BCUT2D eigenvalue weighted by atomic mass is 9.59. The Balaban J connectivity index is 1.37. The summed E-state index contributed by atoms with van der Waals surface area (Å²) in [6.45, 7) is 0. The number of aromatic nitrogens is 1. The molecule has 0 saturated heterocycles. The largest absolute Gasteiger partial charge is 0.256 e. The van der Waals surface area contributed by atoms with Crippen LogP contribution in [0.2, 0.25) is 0 Å². The Bertz CT molecular complexity index is 1380. The molecule has 152 valence electrons. The van der Waals surface area contributed by atoms with E-state index in [1.165, 1.54) is 44.5 Å². The van der Waals surface area contributed by atoms with Crippen molar-refractivity contribution >= 4 is 5.57 Å². The van der Waals surface area contributed by atoms with Crippen LogP contribution < -0.4 is 0 Å². The van der Waals surface area contributed by atoms with Gasteiger partial charge in [-0.1, -0.05) is 90.5 Å². The number of hydrogen-bond acceptors (Lipinski definition) is 1. The van der Waals surface area contributed by atoms with Gasteiger partial charge < -0.3 is 0 Å². The Morgan fingerprint density at radius 2 is 1.22 bits per heavy atom. The molecule has 0 amide bonds. The molecule has 3 aromatic carbocycles. The topological polar surface area (TPSA) is 12.9 Å². The lowest BCUT2D eigenvalue weighted by Gasteiger charge is -2.44. The Morgan fingerprint density at radius 1 is 0.594 bits per heavy atom. The molecule has 1 heteroatoms. The van der Waals surface area contributed by atoms with Gasteiger partial charge in [0.05, 0.1) is 5.69 Å². The number of rotatable bonds is 2. The second kappa shape index (κ2) is 6.90. The highest BCUT2D eigenvalue weighted by molar-refractivity contribution is 5.78. The summed E-state index contributed by atoms with van der Waals surface area (Å²) in [5.74, 6) is 0.769. The lowest BCUT2D eigenvalue weighted by molar-refractivity contribution is 0.696. The van der Waals surface area contributed by atoms with Crippen molar-refractivity contribution in [3.8, 4) is 11.3 Å². The summed E-state index contributed by atoms with van der Waals surface area (Å²) < 4.78 is 0. The first-order valence-corrected chi connectivity index (χ1v) is 11.5. The molecule has 0 unspecified atom stereocenters. The normalized spacial score (nSPS) is 20.3. The summed E-state index contributed by atoms with van der Waals surface area (Å²) in [5, 5.41) is 0. The van der Waals surface area contributed by atoms with Crippen LogP contribution in [0, 0.1) is 0 Å². The van der Waals surface area contributed by atoms with Crippen LogP contribution in [0.4, 0.5) is 0 Å². The number of nitrogens with zero attached hydrogens (tertiary/aromatic N) is 1. The van der Waals surface area contributed by atoms with Gasteiger partial charge in [0.25, 0.3) is 0 Å². The summed E-state index contributed by atoms with van der Waals surface area (Å²) >= 11 is 0. The summed E-state index contributed by atoms with van der Waals surface area (Å²) in [5.41, 5.74) is 14.1. The predicted octanol–water partition coefficient (Wildman–Crippen LogP) is 7.51. The van der Waals surface area contributed by atoms with E-state index in [4.69, 9.17) is 0 Å². The van der Waals surface area contributed by atoms with E-state index in [0.29, 0.717) is 11.8 Å². The van der Waals surface area contributed by atoms with Crippen molar-refractivity contribution in [3.63, 3.8) is 0 Å². The maximum Gasteiger partial charge on any atom is 0.0708 e. The molecule has 2 bridgehead atoms. The molecule has 4 aromatic rings. The fraction of sp³-hybridized carbons (Fsp3) is 0.129. The first kappa shape index (κ1) is 17.9. The highest BCUT2D eigenvalue weighted by Crippen LogP contribution is 2.58. The van der Waals surface area contributed by atoms with E-state index in [-0.39, 0.29) is 0 Å². The molecular formula is C31H23N. The van der Waals surface area contributed by atoms with E-state index in [0.717, 1.165) is 18.5 Å². The van der Waals surface area contributed by atoms with Crippen LogP contribution in [0.15, 0.2) is 114 Å². The first-order chi connectivity index (χ1) is 15.9. The van der Waals surface area contributed by atoms with Crippen LogP contribution in [0.25, 0.3) is 16.8 Å². The molecule has 8 rings (SSSR count). The number of allylic oxidation sites excluding steroid dienone is 4. The third kappa shape index (κ3) is 2.54. The minimum Gasteiger partial charge on any atom is -0.256 e. The van der Waals surface area contributed by atoms with Crippen molar-refractivity contribution in [1.29, 1.82) is 0 Å². The van der Waals surface area contributed by atoms with Crippen LogP contribution in [0.3, 0.4) is 0 Å². The van der Waals surface area contributed by atoms with Crippen molar-refractivity contribution in [2.45, 2.75) is 24.7 Å². The molecule has 0 N–H and O–H groups in total. The molecule has 0 fully saturated rings. The van der Waals surface area contributed by atoms with Gasteiger partial charge in [-0.3, -0.25) is 4.98 Å². The first-order valence-electron chi connectivity index (χ1n) is 11.5. The summed E-state index contributed by atoms with van der Waals surface area (Å²) in [6.07, 6.45) is 6.69. The van der Waals surface area contributed by atoms with Gasteiger partial charge in [0.15, 0.2) is 0 Å². The van der Waals surface area contributed by atoms with Crippen molar-refractivity contribution in [1.82, 2.24) is 4.98 Å². The Kier molecular flexibility index (Phi) is 3.86. The monoisotopic (exact) mass is 409 g/mol. The molecule has 4 aliphatic rings. The van der Waals surface area contributed by atoms with Crippen LogP contribution >= 0.6 is 0 Å². The van der Waals surface area contributed by atoms with E-state index in [1.54, 1.807) is 5.57 Å². The molecule has 0 radical (unpaired) electrons. The molecule has 1 nitrogen and oxygen atoms in total. The molecule has 1 aromatic heterocycles. The Labute approximate surface area is 188 Å². The van der Waals surface area contributed by atoms with E-state index in [9.17, 15) is 0 Å². The molecule has 0 aliphatic heterocycles. The smallest absolute Gasteiger partial charge is 0.0708 e. The summed E-state index contributed by atoms with van der Waals surface area (Å²) in [4.78, 5) is 4.64. The predicted molar refractivity (Wildman–Crippen MR) is 130 cm³/mol. The maximum atomic E-state index is 4.64. The van der Waals surface area contributed by atoms with Crippen molar-refractivity contribution < 1.29 is 0 Å². The fourth-order valence-electron chi connectivity index (χ4n) is 6.09. The van der Waals surface area contributed by atoms with Crippen LogP contribution in [0.5, 0.6) is 0 Å². The number of hydrogen-bond donors (Lipinski definition) is 0. The average Bonchev–Trinajstić information content (AvgIpc) is 2.88. The third-order valence-electron chi connectivity index (χ3n) is 7.46. The molecule has 32 heavy (non-hydrogen) atoms. The van der Waals surface area contributed by atoms with Gasteiger partial charge in [-0.25, -0.2) is 0 Å². The number of benzene rings is 3. The van der Waals surface area contributed by atoms with Crippen molar-refractivity contribution in [2.24, 2.45) is 0 Å². The Morgan fingerprint density at radius 3 is 1.91 bits per heavy atom. The molecule has 4 aliphatic carbocycles. The molecular weight excluding hydrogens is 386 g/mol. The van der Waals surface area contributed by atoms with Crippen molar-refractivity contribution in [2.75, 3.05) is 0 Å². The van der Waals surface area contributed by atoms with Gasteiger partial charge in [0.2, 0.25) is 0 Å². The van der Waals surface area contributed by atoms with Gasteiger partial charge in [-0.2, -0.15) is 0 Å². The summed E-state index contributed by atoms with van der Waals surface area (Å²) in [6, 6.07) is 33.1. The average molecular weight is 410 g/mol. The van der Waals surface area contributed by atoms with E-state index in [2.05, 4.69) is 102 Å². The maximum absolute atomic E-state index is 4.64. The van der Waals surface area contributed by atoms with Gasteiger partial charge >= 0.3 is 0 Å². The molecule has 0 atom stereocenters. The molecule has 0 saturated carbocycles. The van der Waals surface area contributed by atoms with Gasteiger partial charge in [-0.15, -0.1) is 0 Å². The zero-order valence-electron chi connectivity index (χ0n) is 17.8. The minimum atomic E-state index is 0.355. The quantitative estimate of drug-likeness (QED) is 0.334. The fourth-order valence-corrected chi connectivity index (χ4v) is 6.09. The lowest BCUT2D eigenvalue weighted by Crippen LogP contribution is -2.29.